The molecule has 29 heavy (non-hydrogen) atoms. The first kappa shape index (κ1) is 17.9. The van der Waals surface area contributed by atoms with Gasteiger partial charge in [-0.05, 0) is 30.3 Å². The number of anilines is 2. The van der Waals surface area contributed by atoms with Gasteiger partial charge in [0.25, 0.3) is 5.91 Å². The van der Waals surface area contributed by atoms with Gasteiger partial charge < -0.3 is 14.7 Å². The van der Waals surface area contributed by atoms with Crippen LogP contribution in [0.1, 0.15) is 21.5 Å². The van der Waals surface area contributed by atoms with Crippen molar-refractivity contribution in [1.82, 2.24) is 0 Å². The Balaban J connectivity index is 1.59. The molecule has 0 saturated carbocycles. The van der Waals surface area contributed by atoms with Crippen molar-refractivity contribution < 1.29 is 14.6 Å². The van der Waals surface area contributed by atoms with Crippen LogP contribution in [0.2, 0.25) is 0 Å². The molecular weight excluding hydrogens is 364 g/mol. The molecule has 0 aliphatic carbocycles. The quantitative estimate of drug-likeness (QED) is 0.750. The lowest BCUT2D eigenvalue weighted by atomic mass is 9.93. The number of carbonyl (C=O) groups is 1. The van der Waals surface area contributed by atoms with Gasteiger partial charge in [-0.25, -0.2) is 0 Å². The second-order valence-corrected chi connectivity index (χ2v) is 7.34. The monoisotopic (exact) mass is 386 g/mol. The molecule has 1 amide bonds. The number of carbonyl (C=O) groups excluding carboxylic acids is 1. The third-order valence-electron chi connectivity index (χ3n) is 5.72. The Hall–Kier alpha value is -3.15. The number of benzene rings is 3. The highest BCUT2D eigenvalue weighted by Crippen LogP contribution is 2.45. The number of rotatable bonds is 3. The molecule has 3 aromatic carbocycles. The van der Waals surface area contributed by atoms with Gasteiger partial charge in [0.15, 0.2) is 5.72 Å². The van der Waals surface area contributed by atoms with Crippen LogP contribution < -0.4 is 9.80 Å². The number of hydrogen-bond acceptors (Lipinski definition) is 4. The molecule has 1 N–H and O–H groups in total. The Bertz CT molecular complexity index is 1030. The first-order chi connectivity index (χ1) is 14.2. The summed E-state index contributed by atoms with van der Waals surface area (Å²) in [5, 5.41) is 11.9. The van der Waals surface area contributed by atoms with Gasteiger partial charge in [0.2, 0.25) is 0 Å². The van der Waals surface area contributed by atoms with Gasteiger partial charge >= 0.3 is 0 Å². The molecule has 5 heteroatoms. The highest BCUT2D eigenvalue weighted by Gasteiger charge is 2.50. The Kier molecular flexibility index (Phi) is 4.34. The van der Waals surface area contributed by atoms with E-state index in [1.807, 2.05) is 72.8 Å². The fourth-order valence-corrected chi connectivity index (χ4v) is 4.25. The third-order valence-corrected chi connectivity index (χ3v) is 5.72. The van der Waals surface area contributed by atoms with Crippen LogP contribution in [-0.4, -0.2) is 37.3 Å². The van der Waals surface area contributed by atoms with E-state index in [2.05, 4.69) is 4.90 Å². The van der Waals surface area contributed by atoms with Gasteiger partial charge in [0.1, 0.15) is 0 Å². The van der Waals surface area contributed by atoms with E-state index < -0.39 is 5.72 Å². The van der Waals surface area contributed by atoms with E-state index in [1.54, 1.807) is 6.07 Å². The zero-order valence-electron chi connectivity index (χ0n) is 16.0. The SMILES string of the molecule is O=C1c2ccccc2C(O)(c2ccccc2)N1c1ccc(N2CCOCC2)cc1. The molecule has 2 aliphatic rings. The Morgan fingerprint density at radius 3 is 2.14 bits per heavy atom. The largest absolute Gasteiger partial charge is 0.378 e. The topological polar surface area (TPSA) is 53.0 Å². The van der Waals surface area contributed by atoms with Gasteiger partial charge in [-0.3, -0.25) is 9.69 Å². The molecule has 2 heterocycles. The second-order valence-electron chi connectivity index (χ2n) is 7.34. The van der Waals surface area contributed by atoms with Crippen molar-refractivity contribution in [3.63, 3.8) is 0 Å². The van der Waals surface area contributed by atoms with Crippen molar-refractivity contribution in [3.05, 3.63) is 95.6 Å². The van der Waals surface area contributed by atoms with E-state index in [4.69, 9.17) is 4.74 Å². The van der Waals surface area contributed by atoms with Crippen LogP contribution in [0.5, 0.6) is 0 Å². The van der Waals surface area contributed by atoms with E-state index in [1.165, 1.54) is 4.90 Å². The molecule has 5 nitrogen and oxygen atoms in total. The maximum atomic E-state index is 13.3. The number of hydrogen-bond donors (Lipinski definition) is 1. The normalized spacial score (nSPS) is 21.3. The zero-order chi connectivity index (χ0) is 19.8. The molecule has 0 radical (unpaired) electrons. The number of fused-ring (bicyclic) bond motifs is 1. The molecule has 1 atom stereocenters. The van der Waals surface area contributed by atoms with Crippen molar-refractivity contribution in [1.29, 1.82) is 0 Å². The standard InChI is InChI=1S/C24H22N2O3/c27-23-21-8-4-5-9-22(21)24(28,18-6-2-1-3-7-18)26(23)20-12-10-19(11-13-20)25-14-16-29-17-15-25/h1-13,28H,14-17H2. The molecule has 2 aliphatic heterocycles. The third kappa shape index (κ3) is 2.82. The molecule has 0 bridgehead atoms. The first-order valence-electron chi connectivity index (χ1n) is 9.84. The van der Waals surface area contributed by atoms with E-state index in [0.717, 1.165) is 32.0 Å². The lowest BCUT2D eigenvalue weighted by molar-refractivity contribution is 0.0703. The fraction of sp³-hybridized carbons (Fsp3) is 0.208. The smallest absolute Gasteiger partial charge is 0.261 e. The van der Waals surface area contributed by atoms with Crippen molar-refractivity contribution in [2.75, 3.05) is 36.1 Å². The molecule has 146 valence electrons. The van der Waals surface area contributed by atoms with Gasteiger partial charge in [0.05, 0.1) is 13.2 Å². The molecule has 0 spiro atoms. The first-order valence-corrected chi connectivity index (χ1v) is 9.84. The molecule has 5 rings (SSSR count). The van der Waals surface area contributed by atoms with Gasteiger partial charge in [-0.15, -0.1) is 0 Å². The molecule has 1 saturated heterocycles. The number of morpholine rings is 1. The maximum Gasteiger partial charge on any atom is 0.261 e. The van der Waals surface area contributed by atoms with Crippen LogP contribution in [0.3, 0.4) is 0 Å². The minimum atomic E-state index is -1.55. The maximum absolute atomic E-state index is 13.3. The highest BCUT2D eigenvalue weighted by atomic mass is 16.5. The summed E-state index contributed by atoms with van der Waals surface area (Å²) in [5.41, 5.74) is 1.99. The Labute approximate surface area is 169 Å². The van der Waals surface area contributed by atoms with Crippen LogP contribution in [0.15, 0.2) is 78.9 Å². The summed E-state index contributed by atoms with van der Waals surface area (Å²) >= 11 is 0. The van der Waals surface area contributed by atoms with Crippen molar-refractivity contribution in [2.24, 2.45) is 0 Å². The summed E-state index contributed by atoms with van der Waals surface area (Å²) in [4.78, 5) is 17.1. The number of ether oxygens (including phenoxy) is 1. The van der Waals surface area contributed by atoms with Crippen molar-refractivity contribution in [3.8, 4) is 0 Å². The molecule has 3 aromatic rings. The van der Waals surface area contributed by atoms with Crippen molar-refractivity contribution in [2.45, 2.75) is 5.72 Å². The predicted molar refractivity (Wildman–Crippen MR) is 112 cm³/mol. The summed E-state index contributed by atoms with van der Waals surface area (Å²) < 4.78 is 5.42. The minimum absolute atomic E-state index is 0.203. The lowest BCUT2D eigenvalue weighted by Gasteiger charge is -2.35. The predicted octanol–water partition coefficient (Wildman–Crippen LogP) is 3.38. The molecule has 1 unspecified atom stereocenters. The van der Waals surface area contributed by atoms with E-state index in [0.29, 0.717) is 22.4 Å². The summed E-state index contributed by atoms with van der Waals surface area (Å²) in [6, 6.07) is 24.4. The summed E-state index contributed by atoms with van der Waals surface area (Å²) in [6.07, 6.45) is 0. The van der Waals surface area contributed by atoms with Crippen LogP contribution in [0, 0.1) is 0 Å². The average molecular weight is 386 g/mol. The highest BCUT2D eigenvalue weighted by molar-refractivity contribution is 6.12. The summed E-state index contributed by atoms with van der Waals surface area (Å²) in [7, 11) is 0. The van der Waals surface area contributed by atoms with Crippen LogP contribution in [0.25, 0.3) is 0 Å². The number of aliphatic hydroxyl groups is 1. The summed E-state index contributed by atoms with van der Waals surface area (Å²) in [6.45, 7) is 3.13. The number of amides is 1. The van der Waals surface area contributed by atoms with E-state index >= 15 is 0 Å². The number of nitrogens with zero attached hydrogens (tertiary/aromatic N) is 2. The van der Waals surface area contributed by atoms with Crippen LogP contribution in [0.4, 0.5) is 11.4 Å². The van der Waals surface area contributed by atoms with Crippen LogP contribution >= 0.6 is 0 Å². The molecule has 0 aromatic heterocycles. The van der Waals surface area contributed by atoms with Gasteiger partial charge in [0, 0.05) is 41.2 Å². The van der Waals surface area contributed by atoms with E-state index in [9.17, 15) is 9.90 Å². The minimum Gasteiger partial charge on any atom is -0.378 e. The zero-order valence-corrected chi connectivity index (χ0v) is 16.0. The second kappa shape index (κ2) is 7.03. The molecular formula is C24H22N2O3. The van der Waals surface area contributed by atoms with Crippen LogP contribution in [-0.2, 0) is 10.5 Å². The van der Waals surface area contributed by atoms with Gasteiger partial charge in [-0.1, -0.05) is 48.5 Å². The average Bonchev–Trinajstić information content (AvgIpc) is 3.03. The van der Waals surface area contributed by atoms with E-state index in [-0.39, 0.29) is 5.91 Å². The Morgan fingerprint density at radius 2 is 1.41 bits per heavy atom. The fourth-order valence-electron chi connectivity index (χ4n) is 4.25. The summed E-state index contributed by atoms with van der Waals surface area (Å²) in [5.74, 6) is -0.203. The van der Waals surface area contributed by atoms with Gasteiger partial charge in [-0.2, -0.15) is 0 Å². The molecule has 1 fully saturated rings. The Morgan fingerprint density at radius 1 is 0.793 bits per heavy atom. The lowest BCUT2D eigenvalue weighted by Crippen LogP contribution is -2.45. The van der Waals surface area contributed by atoms with Crippen molar-refractivity contribution >= 4 is 17.3 Å².